The maximum atomic E-state index is 12.9. The summed E-state index contributed by atoms with van der Waals surface area (Å²) in [5, 5.41) is 1.15. The summed E-state index contributed by atoms with van der Waals surface area (Å²) in [6.45, 7) is 0.798. The van der Waals surface area contributed by atoms with Crippen LogP contribution in [0.3, 0.4) is 0 Å². The summed E-state index contributed by atoms with van der Waals surface area (Å²) in [5.41, 5.74) is 2.96. The maximum Gasteiger partial charge on any atom is 0.254 e. The van der Waals surface area contributed by atoms with Crippen molar-refractivity contribution in [2.24, 2.45) is 7.05 Å². The van der Waals surface area contributed by atoms with Crippen LogP contribution in [0.15, 0.2) is 54.7 Å². The average Bonchev–Trinajstić information content (AvgIpc) is 2.95. The first-order chi connectivity index (χ1) is 11.7. The van der Waals surface area contributed by atoms with E-state index in [1.165, 1.54) is 0 Å². The Morgan fingerprint density at radius 3 is 2.79 bits per heavy atom. The molecule has 0 bridgehead atoms. The predicted molar refractivity (Wildman–Crippen MR) is 94.3 cm³/mol. The highest BCUT2D eigenvalue weighted by molar-refractivity contribution is 5.98. The highest BCUT2D eigenvalue weighted by Gasteiger charge is 2.34. The van der Waals surface area contributed by atoms with E-state index in [2.05, 4.69) is 12.1 Å². The van der Waals surface area contributed by atoms with Crippen molar-refractivity contribution in [2.45, 2.75) is 12.5 Å². The molecular formula is C20H20N2O2. The number of benzene rings is 2. The standard InChI is InChI=1S/C20H20N2O2/c1-21-10-8-14-6-7-16(13-19(14)21)20(23)22-11-9-18(22)15-4-3-5-17(12-15)24-2/h3-8,10,12-13,18H,9,11H2,1-2H3/t18-/m0/s1. The first kappa shape index (κ1) is 14.8. The molecule has 2 aromatic carbocycles. The molecule has 1 aliphatic heterocycles. The number of nitrogens with zero attached hydrogens (tertiary/aromatic N) is 2. The fourth-order valence-corrected chi connectivity index (χ4v) is 3.39. The molecule has 1 saturated heterocycles. The van der Waals surface area contributed by atoms with E-state index in [9.17, 15) is 4.79 Å². The maximum absolute atomic E-state index is 12.9. The third-order valence-electron chi connectivity index (χ3n) is 4.89. The molecule has 4 rings (SSSR count). The van der Waals surface area contributed by atoms with Gasteiger partial charge >= 0.3 is 0 Å². The first-order valence-electron chi connectivity index (χ1n) is 8.17. The molecule has 3 aromatic rings. The van der Waals surface area contributed by atoms with Gasteiger partial charge in [-0.1, -0.05) is 18.2 Å². The van der Waals surface area contributed by atoms with E-state index in [0.29, 0.717) is 0 Å². The highest BCUT2D eigenvalue weighted by Crippen LogP contribution is 2.36. The zero-order valence-corrected chi connectivity index (χ0v) is 13.9. The second-order valence-electron chi connectivity index (χ2n) is 6.28. The van der Waals surface area contributed by atoms with Gasteiger partial charge in [-0.05, 0) is 47.7 Å². The molecular weight excluding hydrogens is 300 g/mol. The first-order valence-corrected chi connectivity index (χ1v) is 8.17. The van der Waals surface area contributed by atoms with Crippen molar-refractivity contribution >= 4 is 16.8 Å². The molecule has 122 valence electrons. The molecule has 4 heteroatoms. The van der Waals surface area contributed by atoms with Crippen LogP contribution in [0.4, 0.5) is 0 Å². The van der Waals surface area contributed by atoms with Gasteiger partial charge < -0.3 is 14.2 Å². The summed E-state index contributed by atoms with van der Waals surface area (Å²) in [6, 6.07) is 16.1. The molecule has 24 heavy (non-hydrogen) atoms. The predicted octanol–water partition coefficient (Wildman–Crippen LogP) is 3.77. The van der Waals surface area contributed by atoms with Crippen LogP contribution in [-0.2, 0) is 7.05 Å². The van der Waals surface area contributed by atoms with E-state index < -0.39 is 0 Å². The summed E-state index contributed by atoms with van der Waals surface area (Å²) >= 11 is 0. The minimum atomic E-state index is 0.0946. The van der Waals surface area contributed by atoms with Crippen molar-refractivity contribution in [1.29, 1.82) is 0 Å². The lowest BCUT2D eigenvalue weighted by Gasteiger charge is -2.41. The molecule has 4 nitrogen and oxygen atoms in total. The summed E-state index contributed by atoms with van der Waals surface area (Å²) in [5.74, 6) is 0.925. The Balaban J connectivity index is 1.62. The van der Waals surface area contributed by atoms with Crippen molar-refractivity contribution in [3.63, 3.8) is 0 Å². The van der Waals surface area contributed by atoms with E-state index in [0.717, 1.165) is 40.7 Å². The van der Waals surface area contributed by atoms with E-state index in [4.69, 9.17) is 4.74 Å². The largest absolute Gasteiger partial charge is 0.497 e. The second kappa shape index (κ2) is 5.71. The minimum absolute atomic E-state index is 0.0946. The van der Waals surface area contributed by atoms with Crippen molar-refractivity contribution in [2.75, 3.05) is 13.7 Å². The SMILES string of the molecule is COc1cccc([C@@H]2CCN2C(=O)c2ccc3ccn(C)c3c2)c1. The molecule has 2 heterocycles. The van der Waals surface area contributed by atoms with Gasteiger partial charge in [-0.15, -0.1) is 0 Å². The lowest BCUT2D eigenvalue weighted by Crippen LogP contribution is -2.45. The topological polar surface area (TPSA) is 34.5 Å². The number of amides is 1. The Hall–Kier alpha value is -2.75. The van der Waals surface area contributed by atoms with E-state index in [1.807, 2.05) is 59.1 Å². The minimum Gasteiger partial charge on any atom is -0.497 e. The molecule has 0 spiro atoms. The lowest BCUT2D eigenvalue weighted by molar-refractivity contribution is 0.0460. The Kier molecular flexibility index (Phi) is 3.53. The summed E-state index contributed by atoms with van der Waals surface area (Å²) in [4.78, 5) is 14.9. The normalized spacial score (nSPS) is 16.9. The number of aryl methyl sites for hydroxylation is 1. The third-order valence-corrected chi connectivity index (χ3v) is 4.89. The van der Waals surface area contributed by atoms with E-state index >= 15 is 0 Å². The van der Waals surface area contributed by atoms with Crippen molar-refractivity contribution in [3.8, 4) is 5.75 Å². The number of fused-ring (bicyclic) bond motifs is 1. The van der Waals surface area contributed by atoms with Gasteiger partial charge in [0.1, 0.15) is 5.75 Å². The van der Waals surface area contributed by atoms with Gasteiger partial charge in [-0.3, -0.25) is 4.79 Å². The van der Waals surface area contributed by atoms with Crippen LogP contribution in [-0.4, -0.2) is 29.0 Å². The lowest BCUT2D eigenvalue weighted by atomic mass is 9.93. The number of hydrogen-bond acceptors (Lipinski definition) is 2. The summed E-state index contributed by atoms with van der Waals surface area (Å²) < 4.78 is 7.34. The van der Waals surface area contributed by atoms with Crippen LogP contribution in [0.5, 0.6) is 5.75 Å². The molecule has 0 unspecified atom stereocenters. The van der Waals surface area contributed by atoms with Crippen LogP contribution in [0.1, 0.15) is 28.4 Å². The van der Waals surface area contributed by atoms with Gasteiger partial charge in [0.05, 0.1) is 13.2 Å². The van der Waals surface area contributed by atoms with Crippen molar-refractivity contribution in [1.82, 2.24) is 9.47 Å². The number of ether oxygens (including phenoxy) is 1. The zero-order chi connectivity index (χ0) is 16.7. The quantitative estimate of drug-likeness (QED) is 0.736. The Labute approximate surface area is 141 Å². The molecule has 0 saturated carbocycles. The smallest absolute Gasteiger partial charge is 0.254 e. The summed E-state index contributed by atoms with van der Waals surface area (Å²) in [7, 11) is 3.66. The Morgan fingerprint density at radius 2 is 2.04 bits per heavy atom. The van der Waals surface area contributed by atoms with Gasteiger partial charge in [0, 0.05) is 30.9 Å². The average molecular weight is 320 g/mol. The van der Waals surface area contributed by atoms with Crippen LogP contribution < -0.4 is 4.74 Å². The fourth-order valence-electron chi connectivity index (χ4n) is 3.39. The van der Waals surface area contributed by atoms with Crippen molar-refractivity contribution in [3.05, 3.63) is 65.9 Å². The second-order valence-corrected chi connectivity index (χ2v) is 6.28. The Morgan fingerprint density at radius 1 is 1.17 bits per heavy atom. The number of carbonyl (C=O) groups is 1. The number of carbonyl (C=O) groups excluding carboxylic acids is 1. The Bertz CT molecular complexity index is 913. The van der Waals surface area contributed by atoms with Gasteiger partial charge in [-0.25, -0.2) is 0 Å². The summed E-state index contributed by atoms with van der Waals surface area (Å²) in [6.07, 6.45) is 3.01. The zero-order valence-electron chi connectivity index (χ0n) is 13.9. The molecule has 1 fully saturated rings. The third kappa shape index (κ3) is 2.35. The van der Waals surface area contributed by atoms with Gasteiger partial charge in [0.25, 0.3) is 5.91 Å². The molecule has 1 atom stereocenters. The number of hydrogen-bond donors (Lipinski definition) is 0. The number of methoxy groups -OCH3 is 1. The molecule has 0 aliphatic carbocycles. The van der Waals surface area contributed by atoms with Gasteiger partial charge in [0.15, 0.2) is 0 Å². The van der Waals surface area contributed by atoms with Gasteiger partial charge in [-0.2, -0.15) is 0 Å². The fraction of sp³-hybridized carbons (Fsp3) is 0.250. The molecule has 1 aliphatic rings. The van der Waals surface area contributed by atoms with E-state index in [-0.39, 0.29) is 11.9 Å². The highest BCUT2D eigenvalue weighted by atomic mass is 16.5. The van der Waals surface area contributed by atoms with Crippen LogP contribution in [0.25, 0.3) is 10.9 Å². The van der Waals surface area contributed by atoms with E-state index in [1.54, 1.807) is 7.11 Å². The van der Waals surface area contributed by atoms with Crippen LogP contribution in [0.2, 0.25) is 0 Å². The van der Waals surface area contributed by atoms with Crippen molar-refractivity contribution < 1.29 is 9.53 Å². The number of rotatable bonds is 3. The number of likely N-dealkylation sites (tertiary alicyclic amines) is 1. The molecule has 1 amide bonds. The molecule has 0 N–H and O–H groups in total. The van der Waals surface area contributed by atoms with Gasteiger partial charge in [0.2, 0.25) is 0 Å². The monoisotopic (exact) mass is 320 g/mol. The van der Waals surface area contributed by atoms with Crippen LogP contribution in [0, 0.1) is 0 Å². The number of aromatic nitrogens is 1. The van der Waals surface area contributed by atoms with Crippen LogP contribution >= 0.6 is 0 Å². The molecule has 1 aromatic heterocycles. The molecule has 0 radical (unpaired) electrons.